The number of halogens is 1. The van der Waals surface area contributed by atoms with Gasteiger partial charge >= 0.3 is 0 Å². The lowest BCUT2D eigenvalue weighted by Gasteiger charge is -2.13. The number of hydrogen-bond acceptors (Lipinski definition) is 5. The number of rotatable bonds is 6. The summed E-state index contributed by atoms with van der Waals surface area (Å²) in [5.74, 6) is 0.0123. The number of benzene rings is 2. The molecule has 0 aliphatic rings. The summed E-state index contributed by atoms with van der Waals surface area (Å²) in [6, 6.07) is 7.92. The molecule has 6 nitrogen and oxygen atoms in total. The molecule has 0 spiro atoms. The first-order valence-corrected chi connectivity index (χ1v) is 7.98. The lowest BCUT2D eigenvalue weighted by atomic mass is 10.3. The maximum absolute atomic E-state index is 13.4. The summed E-state index contributed by atoms with van der Waals surface area (Å²) in [6.07, 6.45) is 0. The number of methoxy groups -OCH3 is 3. The van der Waals surface area contributed by atoms with E-state index >= 15 is 0 Å². The molecule has 0 saturated carbocycles. The standard InChI is InChI=1S/C15H16FNO5S/c1-20-10-4-7-13(15(8-10)22-3)17-23(18,19)11-5-6-12(16)14(9-11)21-2/h4-9,17H,1-3H3. The van der Waals surface area contributed by atoms with Crippen LogP contribution in [0.5, 0.6) is 17.2 Å². The Morgan fingerprint density at radius 1 is 0.913 bits per heavy atom. The average molecular weight is 341 g/mol. The van der Waals surface area contributed by atoms with Crippen LogP contribution in [0.15, 0.2) is 41.3 Å². The number of nitrogens with one attached hydrogen (secondary N) is 1. The first-order chi connectivity index (χ1) is 10.9. The molecule has 124 valence electrons. The summed E-state index contributed by atoms with van der Waals surface area (Å²) in [5, 5.41) is 0. The van der Waals surface area contributed by atoms with Crippen LogP contribution in [0.25, 0.3) is 0 Å². The van der Waals surface area contributed by atoms with Crippen molar-refractivity contribution in [3.8, 4) is 17.2 Å². The highest BCUT2D eigenvalue weighted by molar-refractivity contribution is 7.92. The Kier molecular flexibility index (Phi) is 4.95. The van der Waals surface area contributed by atoms with Gasteiger partial charge in [-0.1, -0.05) is 0 Å². The molecule has 0 saturated heterocycles. The Morgan fingerprint density at radius 2 is 1.61 bits per heavy atom. The third-order valence-electron chi connectivity index (χ3n) is 3.09. The molecule has 0 fully saturated rings. The topological polar surface area (TPSA) is 73.9 Å². The maximum atomic E-state index is 13.4. The van der Waals surface area contributed by atoms with Crippen molar-refractivity contribution in [2.45, 2.75) is 4.90 Å². The normalized spacial score (nSPS) is 11.0. The predicted molar refractivity (Wildman–Crippen MR) is 83.3 cm³/mol. The van der Waals surface area contributed by atoms with Crippen LogP contribution in [-0.2, 0) is 10.0 Å². The Morgan fingerprint density at radius 3 is 2.22 bits per heavy atom. The van der Waals surface area contributed by atoms with Gasteiger partial charge in [-0.2, -0.15) is 0 Å². The molecule has 2 aromatic rings. The van der Waals surface area contributed by atoms with Gasteiger partial charge in [-0.3, -0.25) is 4.72 Å². The molecule has 0 aliphatic carbocycles. The molecule has 0 heterocycles. The zero-order valence-electron chi connectivity index (χ0n) is 12.8. The quantitative estimate of drug-likeness (QED) is 0.874. The van der Waals surface area contributed by atoms with Crippen molar-refractivity contribution in [2.24, 2.45) is 0 Å². The second kappa shape index (κ2) is 6.74. The zero-order chi connectivity index (χ0) is 17.0. The van der Waals surface area contributed by atoms with Crippen LogP contribution in [0.2, 0.25) is 0 Å². The van der Waals surface area contributed by atoms with Crippen molar-refractivity contribution in [1.82, 2.24) is 0 Å². The number of hydrogen-bond donors (Lipinski definition) is 1. The van der Waals surface area contributed by atoms with Gasteiger partial charge in [-0.15, -0.1) is 0 Å². The van der Waals surface area contributed by atoms with Crippen molar-refractivity contribution < 1.29 is 27.0 Å². The van der Waals surface area contributed by atoms with Gasteiger partial charge in [-0.05, 0) is 24.3 Å². The fourth-order valence-corrected chi connectivity index (χ4v) is 2.98. The van der Waals surface area contributed by atoms with Gasteiger partial charge in [0.2, 0.25) is 0 Å². The smallest absolute Gasteiger partial charge is 0.262 e. The summed E-state index contributed by atoms with van der Waals surface area (Å²) in [6.45, 7) is 0. The van der Waals surface area contributed by atoms with Crippen LogP contribution in [-0.4, -0.2) is 29.7 Å². The first kappa shape index (κ1) is 16.9. The van der Waals surface area contributed by atoms with E-state index in [4.69, 9.17) is 14.2 Å². The molecule has 8 heteroatoms. The Hall–Kier alpha value is -2.48. The van der Waals surface area contributed by atoms with Crippen molar-refractivity contribution >= 4 is 15.7 Å². The molecule has 0 aliphatic heterocycles. The lowest BCUT2D eigenvalue weighted by molar-refractivity contribution is 0.385. The van der Waals surface area contributed by atoms with Gasteiger partial charge in [0.15, 0.2) is 11.6 Å². The van der Waals surface area contributed by atoms with E-state index in [0.29, 0.717) is 11.5 Å². The maximum Gasteiger partial charge on any atom is 0.262 e. The molecule has 0 bridgehead atoms. The highest BCUT2D eigenvalue weighted by Crippen LogP contribution is 2.31. The summed E-state index contributed by atoms with van der Waals surface area (Å²) in [4.78, 5) is -0.131. The molecular weight excluding hydrogens is 325 g/mol. The summed E-state index contributed by atoms with van der Waals surface area (Å²) >= 11 is 0. The van der Waals surface area contributed by atoms with Crippen LogP contribution in [0, 0.1) is 5.82 Å². The fourth-order valence-electron chi connectivity index (χ4n) is 1.89. The third kappa shape index (κ3) is 3.65. The largest absolute Gasteiger partial charge is 0.497 e. The van der Waals surface area contributed by atoms with Gasteiger partial charge in [0.05, 0.1) is 31.9 Å². The van der Waals surface area contributed by atoms with E-state index in [1.54, 1.807) is 12.1 Å². The molecule has 0 radical (unpaired) electrons. The molecular formula is C15H16FNO5S. The minimum Gasteiger partial charge on any atom is -0.497 e. The van der Waals surface area contributed by atoms with E-state index < -0.39 is 15.8 Å². The number of anilines is 1. The Balaban J connectivity index is 2.38. The van der Waals surface area contributed by atoms with Crippen molar-refractivity contribution in [3.63, 3.8) is 0 Å². The van der Waals surface area contributed by atoms with Crippen LogP contribution < -0.4 is 18.9 Å². The summed E-state index contributed by atoms with van der Waals surface area (Å²) < 4.78 is 55.7. The molecule has 23 heavy (non-hydrogen) atoms. The van der Waals surface area contributed by atoms with Crippen LogP contribution in [0.3, 0.4) is 0 Å². The molecule has 1 N–H and O–H groups in total. The van der Waals surface area contributed by atoms with Crippen molar-refractivity contribution in [1.29, 1.82) is 0 Å². The first-order valence-electron chi connectivity index (χ1n) is 6.49. The molecule has 2 rings (SSSR count). The predicted octanol–water partition coefficient (Wildman–Crippen LogP) is 2.65. The van der Waals surface area contributed by atoms with Gasteiger partial charge in [0.25, 0.3) is 10.0 Å². The minimum absolute atomic E-state index is 0.131. The lowest BCUT2D eigenvalue weighted by Crippen LogP contribution is -2.14. The van der Waals surface area contributed by atoms with Gasteiger partial charge in [-0.25, -0.2) is 12.8 Å². The highest BCUT2D eigenvalue weighted by Gasteiger charge is 2.19. The van der Waals surface area contributed by atoms with Crippen molar-refractivity contribution in [3.05, 3.63) is 42.2 Å². The van der Waals surface area contributed by atoms with Gasteiger partial charge in [0, 0.05) is 12.1 Å². The summed E-state index contributed by atoms with van der Waals surface area (Å²) in [5.41, 5.74) is 0.233. The fraction of sp³-hybridized carbons (Fsp3) is 0.200. The Labute approximate surface area is 133 Å². The zero-order valence-corrected chi connectivity index (χ0v) is 13.6. The summed E-state index contributed by atoms with van der Waals surface area (Å²) in [7, 11) is 0.226. The second-order valence-corrected chi connectivity index (χ2v) is 6.15. The van der Waals surface area contributed by atoms with E-state index in [1.165, 1.54) is 27.4 Å². The molecule has 0 amide bonds. The highest BCUT2D eigenvalue weighted by atomic mass is 32.2. The van der Waals surface area contributed by atoms with Gasteiger partial charge < -0.3 is 14.2 Å². The average Bonchev–Trinajstić information content (AvgIpc) is 2.55. The van der Waals surface area contributed by atoms with E-state index in [-0.39, 0.29) is 16.3 Å². The third-order valence-corrected chi connectivity index (χ3v) is 4.45. The Bertz CT molecular complexity index is 808. The molecule has 0 aromatic heterocycles. The molecule has 2 aromatic carbocycles. The van der Waals surface area contributed by atoms with E-state index in [1.807, 2.05) is 0 Å². The second-order valence-electron chi connectivity index (χ2n) is 4.47. The number of ether oxygens (including phenoxy) is 3. The van der Waals surface area contributed by atoms with E-state index in [0.717, 1.165) is 18.2 Å². The number of sulfonamides is 1. The molecule has 0 atom stereocenters. The minimum atomic E-state index is -3.93. The van der Waals surface area contributed by atoms with Crippen molar-refractivity contribution in [2.75, 3.05) is 26.1 Å². The monoisotopic (exact) mass is 341 g/mol. The van der Waals surface area contributed by atoms with Gasteiger partial charge in [0.1, 0.15) is 11.5 Å². The van der Waals surface area contributed by atoms with E-state index in [2.05, 4.69) is 4.72 Å². The molecule has 0 unspecified atom stereocenters. The van der Waals surface area contributed by atoms with Crippen LogP contribution in [0.1, 0.15) is 0 Å². The van der Waals surface area contributed by atoms with Crippen LogP contribution >= 0.6 is 0 Å². The van der Waals surface area contributed by atoms with E-state index in [9.17, 15) is 12.8 Å². The van der Waals surface area contributed by atoms with Crippen LogP contribution in [0.4, 0.5) is 10.1 Å². The SMILES string of the molecule is COc1ccc(NS(=O)(=O)c2ccc(F)c(OC)c2)c(OC)c1.